The van der Waals surface area contributed by atoms with E-state index < -0.39 is 0 Å². The van der Waals surface area contributed by atoms with E-state index in [9.17, 15) is 4.79 Å². The first-order valence-corrected chi connectivity index (χ1v) is 5.14. The molecule has 0 amide bonds. The molecule has 0 aliphatic heterocycles. The summed E-state index contributed by atoms with van der Waals surface area (Å²) in [6.45, 7) is 5.55. The van der Waals surface area contributed by atoms with E-state index in [2.05, 4.69) is 0 Å². The lowest BCUT2D eigenvalue weighted by atomic mass is 10.2. The van der Waals surface area contributed by atoms with Gasteiger partial charge in [-0.2, -0.15) is 0 Å². The SMILES string of the molecule is CCN(C(C)COC)C(CN)C(=O)OC. The van der Waals surface area contributed by atoms with Crippen molar-refractivity contribution in [2.75, 3.05) is 33.9 Å². The minimum Gasteiger partial charge on any atom is -0.468 e. The monoisotopic (exact) mass is 218 g/mol. The second kappa shape index (κ2) is 7.62. The third-order valence-electron chi connectivity index (χ3n) is 2.44. The van der Waals surface area contributed by atoms with Crippen molar-refractivity contribution in [2.24, 2.45) is 5.73 Å². The van der Waals surface area contributed by atoms with Crippen molar-refractivity contribution in [3.8, 4) is 0 Å². The van der Waals surface area contributed by atoms with Crippen LogP contribution in [0, 0.1) is 0 Å². The highest BCUT2D eigenvalue weighted by atomic mass is 16.5. The van der Waals surface area contributed by atoms with Gasteiger partial charge in [-0.05, 0) is 13.5 Å². The maximum absolute atomic E-state index is 11.5. The smallest absolute Gasteiger partial charge is 0.324 e. The van der Waals surface area contributed by atoms with Crippen molar-refractivity contribution in [3.05, 3.63) is 0 Å². The number of esters is 1. The van der Waals surface area contributed by atoms with Crippen LogP contribution >= 0.6 is 0 Å². The lowest BCUT2D eigenvalue weighted by molar-refractivity contribution is -0.147. The number of methoxy groups -OCH3 is 2. The van der Waals surface area contributed by atoms with Crippen molar-refractivity contribution in [1.29, 1.82) is 0 Å². The lowest BCUT2D eigenvalue weighted by Gasteiger charge is -2.32. The zero-order valence-electron chi connectivity index (χ0n) is 10.0. The molecule has 2 atom stereocenters. The van der Waals surface area contributed by atoms with Crippen LogP contribution < -0.4 is 5.73 Å². The Morgan fingerprint density at radius 2 is 2.07 bits per heavy atom. The second-order valence-electron chi connectivity index (χ2n) is 3.41. The summed E-state index contributed by atoms with van der Waals surface area (Å²) < 4.78 is 9.77. The van der Waals surface area contributed by atoms with Gasteiger partial charge in [-0.15, -0.1) is 0 Å². The molecule has 0 fully saturated rings. The third-order valence-corrected chi connectivity index (χ3v) is 2.44. The van der Waals surface area contributed by atoms with Gasteiger partial charge in [-0.3, -0.25) is 9.69 Å². The Morgan fingerprint density at radius 1 is 1.47 bits per heavy atom. The molecule has 2 N–H and O–H groups in total. The summed E-state index contributed by atoms with van der Waals surface area (Å²) in [5.41, 5.74) is 5.58. The van der Waals surface area contributed by atoms with Gasteiger partial charge in [0.2, 0.25) is 0 Å². The number of rotatable bonds is 7. The van der Waals surface area contributed by atoms with Crippen LogP contribution in [0.15, 0.2) is 0 Å². The van der Waals surface area contributed by atoms with E-state index in [0.29, 0.717) is 6.61 Å². The minimum absolute atomic E-state index is 0.146. The quantitative estimate of drug-likeness (QED) is 0.602. The zero-order valence-corrected chi connectivity index (χ0v) is 10.0. The number of nitrogens with two attached hydrogens (primary N) is 1. The second-order valence-corrected chi connectivity index (χ2v) is 3.41. The summed E-state index contributed by atoms with van der Waals surface area (Å²) in [7, 11) is 3.01. The first kappa shape index (κ1) is 14.3. The van der Waals surface area contributed by atoms with Gasteiger partial charge in [0.15, 0.2) is 0 Å². The summed E-state index contributed by atoms with van der Waals surface area (Å²) in [5.74, 6) is -0.290. The van der Waals surface area contributed by atoms with E-state index in [0.717, 1.165) is 6.54 Å². The molecular formula is C10H22N2O3. The molecule has 5 nitrogen and oxygen atoms in total. The van der Waals surface area contributed by atoms with E-state index in [4.69, 9.17) is 15.2 Å². The number of hydrogen-bond donors (Lipinski definition) is 1. The highest BCUT2D eigenvalue weighted by Gasteiger charge is 2.27. The van der Waals surface area contributed by atoms with Gasteiger partial charge in [0.1, 0.15) is 6.04 Å². The molecule has 0 heterocycles. The Labute approximate surface area is 91.5 Å². The van der Waals surface area contributed by atoms with E-state index >= 15 is 0 Å². The molecule has 0 aliphatic carbocycles. The molecule has 0 saturated heterocycles. The molecule has 0 rings (SSSR count). The average Bonchev–Trinajstić information content (AvgIpc) is 2.24. The van der Waals surface area contributed by atoms with E-state index in [1.165, 1.54) is 7.11 Å². The highest BCUT2D eigenvalue weighted by Crippen LogP contribution is 2.06. The van der Waals surface area contributed by atoms with Crippen LogP contribution in [0.2, 0.25) is 0 Å². The third kappa shape index (κ3) is 4.15. The van der Waals surface area contributed by atoms with Crippen LogP contribution in [-0.4, -0.2) is 56.9 Å². The van der Waals surface area contributed by atoms with Gasteiger partial charge in [0, 0.05) is 19.7 Å². The van der Waals surface area contributed by atoms with Gasteiger partial charge in [-0.1, -0.05) is 6.92 Å². The first-order valence-electron chi connectivity index (χ1n) is 5.14. The van der Waals surface area contributed by atoms with Gasteiger partial charge in [0.25, 0.3) is 0 Å². The maximum atomic E-state index is 11.5. The molecule has 5 heteroatoms. The number of carbonyl (C=O) groups is 1. The van der Waals surface area contributed by atoms with Crippen molar-refractivity contribution in [3.63, 3.8) is 0 Å². The van der Waals surface area contributed by atoms with Crippen molar-refractivity contribution in [2.45, 2.75) is 25.9 Å². The summed E-state index contributed by atoms with van der Waals surface area (Å²) in [4.78, 5) is 13.4. The molecule has 0 spiro atoms. The van der Waals surface area contributed by atoms with Crippen molar-refractivity contribution in [1.82, 2.24) is 4.90 Å². The molecule has 2 unspecified atom stereocenters. The van der Waals surface area contributed by atoms with Crippen LogP contribution in [-0.2, 0) is 14.3 Å². The molecule has 90 valence electrons. The lowest BCUT2D eigenvalue weighted by Crippen LogP contribution is -2.51. The molecule has 0 aliphatic rings. The predicted molar refractivity (Wildman–Crippen MR) is 58.6 cm³/mol. The van der Waals surface area contributed by atoms with Crippen LogP contribution in [0.4, 0.5) is 0 Å². The molecule has 0 bridgehead atoms. The van der Waals surface area contributed by atoms with Gasteiger partial charge in [-0.25, -0.2) is 0 Å². The fourth-order valence-electron chi connectivity index (χ4n) is 1.68. The van der Waals surface area contributed by atoms with Crippen molar-refractivity contribution >= 4 is 5.97 Å². The van der Waals surface area contributed by atoms with Crippen LogP contribution in [0.5, 0.6) is 0 Å². The first-order chi connectivity index (χ1) is 7.12. The Morgan fingerprint density at radius 3 is 2.40 bits per heavy atom. The summed E-state index contributed by atoms with van der Waals surface area (Å²) in [5, 5.41) is 0. The van der Waals surface area contributed by atoms with Crippen LogP contribution in [0.1, 0.15) is 13.8 Å². The number of nitrogens with zero attached hydrogens (tertiary/aromatic N) is 1. The molecule has 0 radical (unpaired) electrons. The van der Waals surface area contributed by atoms with Gasteiger partial charge >= 0.3 is 5.97 Å². The number of ether oxygens (including phenoxy) is 2. The largest absolute Gasteiger partial charge is 0.468 e. The standard InChI is InChI=1S/C10H22N2O3/c1-5-12(8(2)7-14-3)9(6-11)10(13)15-4/h8-9H,5-7,11H2,1-4H3. The van der Waals surface area contributed by atoms with E-state index in [1.807, 2.05) is 18.7 Å². The molecular weight excluding hydrogens is 196 g/mol. The van der Waals surface area contributed by atoms with Crippen molar-refractivity contribution < 1.29 is 14.3 Å². The number of likely N-dealkylation sites (N-methyl/N-ethyl adjacent to an activating group) is 1. The predicted octanol–water partition coefficient (Wildman–Crippen LogP) is -0.156. The van der Waals surface area contributed by atoms with Crippen LogP contribution in [0.3, 0.4) is 0 Å². The Balaban J connectivity index is 4.52. The molecule has 0 aromatic heterocycles. The maximum Gasteiger partial charge on any atom is 0.324 e. The number of hydrogen-bond acceptors (Lipinski definition) is 5. The summed E-state index contributed by atoms with van der Waals surface area (Å²) >= 11 is 0. The fourth-order valence-corrected chi connectivity index (χ4v) is 1.68. The Kier molecular flexibility index (Phi) is 7.29. The Bertz CT molecular complexity index is 188. The van der Waals surface area contributed by atoms with E-state index in [1.54, 1.807) is 7.11 Å². The summed E-state index contributed by atoms with van der Waals surface area (Å²) in [6.07, 6.45) is 0. The van der Waals surface area contributed by atoms with Gasteiger partial charge in [0.05, 0.1) is 13.7 Å². The van der Waals surface area contributed by atoms with Crippen LogP contribution in [0.25, 0.3) is 0 Å². The minimum atomic E-state index is -0.384. The molecule has 15 heavy (non-hydrogen) atoms. The zero-order chi connectivity index (χ0) is 11.8. The molecule has 0 aromatic rings. The molecule has 0 saturated carbocycles. The van der Waals surface area contributed by atoms with Gasteiger partial charge < -0.3 is 15.2 Å². The average molecular weight is 218 g/mol. The number of carbonyl (C=O) groups excluding carboxylic acids is 1. The molecule has 0 aromatic carbocycles. The van der Waals surface area contributed by atoms with E-state index in [-0.39, 0.29) is 24.6 Å². The normalized spacial score (nSPS) is 15.1. The summed E-state index contributed by atoms with van der Waals surface area (Å²) in [6, 6.07) is -0.238. The Hall–Kier alpha value is -0.650. The topological polar surface area (TPSA) is 64.8 Å². The highest BCUT2D eigenvalue weighted by molar-refractivity contribution is 5.76. The fraction of sp³-hybridized carbons (Fsp3) is 0.900.